The standard InChI is InChI=1S/C14H27N3O4/c1-5-16-6-8-17(9-7-16)11(12(18)19)10-15-13(20)21-14(2,3)4/h11H,5-10H2,1-4H3,(H,15,20)(H,18,19). The SMILES string of the molecule is CCN1CCN(C(CNC(=O)OC(C)(C)C)C(=O)O)CC1. The molecule has 122 valence electrons. The summed E-state index contributed by atoms with van der Waals surface area (Å²) in [7, 11) is 0. The molecule has 1 amide bonds. The van der Waals surface area contributed by atoms with Gasteiger partial charge in [-0.2, -0.15) is 0 Å². The summed E-state index contributed by atoms with van der Waals surface area (Å²) in [4.78, 5) is 27.2. The largest absolute Gasteiger partial charge is 0.480 e. The number of ether oxygens (including phenoxy) is 1. The third kappa shape index (κ3) is 6.31. The second kappa shape index (κ2) is 7.61. The van der Waals surface area contributed by atoms with Crippen molar-refractivity contribution in [1.82, 2.24) is 15.1 Å². The van der Waals surface area contributed by atoms with Crippen LogP contribution in [-0.4, -0.2) is 77.9 Å². The van der Waals surface area contributed by atoms with Gasteiger partial charge in [0.05, 0.1) is 0 Å². The Hall–Kier alpha value is -1.34. The highest BCUT2D eigenvalue weighted by Crippen LogP contribution is 2.08. The zero-order valence-electron chi connectivity index (χ0n) is 13.4. The molecule has 0 aliphatic carbocycles. The molecule has 0 radical (unpaired) electrons. The van der Waals surface area contributed by atoms with E-state index >= 15 is 0 Å². The Morgan fingerprint density at radius 2 is 1.81 bits per heavy atom. The van der Waals surface area contributed by atoms with Crippen LogP contribution >= 0.6 is 0 Å². The van der Waals surface area contributed by atoms with Crippen LogP contribution in [0.25, 0.3) is 0 Å². The Kier molecular flexibility index (Phi) is 6.42. The van der Waals surface area contributed by atoms with Crippen molar-refractivity contribution < 1.29 is 19.4 Å². The van der Waals surface area contributed by atoms with Gasteiger partial charge in [-0.05, 0) is 27.3 Å². The van der Waals surface area contributed by atoms with Crippen molar-refractivity contribution in [1.29, 1.82) is 0 Å². The van der Waals surface area contributed by atoms with Crippen molar-refractivity contribution in [3.05, 3.63) is 0 Å². The van der Waals surface area contributed by atoms with Crippen LogP contribution in [0.2, 0.25) is 0 Å². The number of alkyl carbamates (subject to hydrolysis) is 1. The van der Waals surface area contributed by atoms with Gasteiger partial charge in [0.1, 0.15) is 11.6 Å². The lowest BCUT2D eigenvalue weighted by molar-refractivity contribution is -0.143. The number of carboxylic acids is 1. The lowest BCUT2D eigenvalue weighted by atomic mass is 10.2. The van der Waals surface area contributed by atoms with Crippen LogP contribution in [0.4, 0.5) is 4.79 Å². The molecule has 0 aromatic heterocycles. The summed E-state index contributed by atoms with van der Waals surface area (Å²) < 4.78 is 5.12. The van der Waals surface area contributed by atoms with Crippen LogP contribution in [0.1, 0.15) is 27.7 Å². The van der Waals surface area contributed by atoms with E-state index in [0.717, 1.165) is 19.6 Å². The van der Waals surface area contributed by atoms with Gasteiger partial charge < -0.3 is 20.1 Å². The molecule has 1 aliphatic heterocycles. The number of piperazine rings is 1. The molecular formula is C14H27N3O4. The van der Waals surface area contributed by atoms with Crippen molar-refractivity contribution >= 4 is 12.1 Å². The Bertz CT molecular complexity index is 360. The molecule has 1 heterocycles. The third-order valence-electron chi connectivity index (χ3n) is 3.42. The van der Waals surface area contributed by atoms with Crippen molar-refractivity contribution in [3.8, 4) is 0 Å². The van der Waals surface area contributed by atoms with Crippen LogP contribution in [0.15, 0.2) is 0 Å². The fraction of sp³-hybridized carbons (Fsp3) is 0.857. The molecule has 2 N–H and O–H groups in total. The molecule has 0 saturated carbocycles. The summed E-state index contributed by atoms with van der Waals surface area (Å²) in [5.74, 6) is -0.920. The molecule has 21 heavy (non-hydrogen) atoms. The average Bonchev–Trinajstić information content (AvgIpc) is 2.37. The Balaban J connectivity index is 2.48. The number of nitrogens with zero attached hydrogens (tertiary/aromatic N) is 2. The van der Waals surface area contributed by atoms with E-state index in [9.17, 15) is 14.7 Å². The summed E-state index contributed by atoms with van der Waals surface area (Å²) in [5, 5.41) is 11.9. The van der Waals surface area contributed by atoms with Crippen molar-refractivity contribution in [2.75, 3.05) is 39.3 Å². The van der Waals surface area contributed by atoms with E-state index in [-0.39, 0.29) is 6.54 Å². The molecule has 7 nitrogen and oxygen atoms in total. The first kappa shape index (κ1) is 17.7. The van der Waals surface area contributed by atoms with Crippen LogP contribution in [0, 0.1) is 0 Å². The molecule has 7 heteroatoms. The molecule has 1 aliphatic rings. The first-order valence-corrected chi connectivity index (χ1v) is 7.39. The number of hydrogen-bond donors (Lipinski definition) is 2. The van der Waals surface area contributed by atoms with Gasteiger partial charge in [-0.1, -0.05) is 6.92 Å². The third-order valence-corrected chi connectivity index (χ3v) is 3.42. The Morgan fingerprint density at radius 3 is 2.24 bits per heavy atom. The van der Waals surface area contributed by atoms with Crippen LogP contribution in [-0.2, 0) is 9.53 Å². The molecule has 0 bridgehead atoms. The van der Waals surface area contributed by atoms with Crippen molar-refractivity contribution in [3.63, 3.8) is 0 Å². The number of rotatable bonds is 5. The predicted octanol–water partition coefficient (Wildman–Crippen LogP) is 0.602. The number of hydrogen-bond acceptors (Lipinski definition) is 5. The van der Waals surface area contributed by atoms with Crippen LogP contribution < -0.4 is 5.32 Å². The number of carbonyl (C=O) groups is 2. The Morgan fingerprint density at radius 1 is 1.24 bits per heavy atom. The summed E-state index contributed by atoms with van der Waals surface area (Å²) in [6, 6.07) is -0.712. The van der Waals surface area contributed by atoms with Crippen molar-refractivity contribution in [2.45, 2.75) is 39.3 Å². The summed E-state index contributed by atoms with van der Waals surface area (Å²) >= 11 is 0. The number of likely N-dealkylation sites (N-methyl/N-ethyl adjacent to an activating group) is 1. The van der Waals surface area contributed by atoms with Crippen molar-refractivity contribution in [2.24, 2.45) is 0 Å². The number of aliphatic carboxylic acids is 1. The normalized spacial score (nSPS) is 19.0. The van der Waals surface area contributed by atoms with Gasteiger partial charge in [0.15, 0.2) is 0 Å². The highest BCUT2D eigenvalue weighted by atomic mass is 16.6. The monoisotopic (exact) mass is 301 g/mol. The van der Waals surface area contributed by atoms with E-state index in [1.54, 1.807) is 20.8 Å². The quantitative estimate of drug-likeness (QED) is 0.774. The van der Waals surface area contributed by atoms with Gasteiger partial charge in [-0.3, -0.25) is 9.69 Å². The van der Waals surface area contributed by atoms with Gasteiger partial charge in [0, 0.05) is 32.7 Å². The second-order valence-corrected chi connectivity index (χ2v) is 6.21. The van der Waals surface area contributed by atoms with Gasteiger partial charge >= 0.3 is 12.1 Å². The van der Waals surface area contributed by atoms with E-state index in [0.29, 0.717) is 13.1 Å². The minimum absolute atomic E-state index is 0.0520. The molecule has 0 aromatic rings. The number of amides is 1. The molecule has 0 aromatic carbocycles. The van der Waals surface area contributed by atoms with E-state index in [1.807, 2.05) is 4.90 Å². The smallest absolute Gasteiger partial charge is 0.407 e. The fourth-order valence-corrected chi connectivity index (χ4v) is 2.26. The Labute approximate surface area is 126 Å². The fourth-order valence-electron chi connectivity index (χ4n) is 2.26. The van der Waals surface area contributed by atoms with E-state index in [1.165, 1.54) is 0 Å². The summed E-state index contributed by atoms with van der Waals surface area (Å²) in [6.07, 6.45) is -0.582. The second-order valence-electron chi connectivity index (χ2n) is 6.21. The minimum Gasteiger partial charge on any atom is -0.480 e. The topological polar surface area (TPSA) is 82.1 Å². The maximum absolute atomic E-state index is 11.6. The molecule has 1 rings (SSSR count). The van der Waals surface area contributed by atoms with E-state index in [4.69, 9.17) is 4.74 Å². The number of carbonyl (C=O) groups excluding carboxylic acids is 1. The van der Waals surface area contributed by atoms with Gasteiger partial charge in [0.2, 0.25) is 0 Å². The number of carboxylic acid groups (broad SMARTS) is 1. The predicted molar refractivity (Wildman–Crippen MR) is 79.3 cm³/mol. The molecule has 0 spiro atoms. The zero-order valence-corrected chi connectivity index (χ0v) is 13.4. The van der Waals surface area contributed by atoms with Crippen LogP contribution in [0.5, 0.6) is 0 Å². The first-order chi connectivity index (χ1) is 9.73. The van der Waals surface area contributed by atoms with Gasteiger partial charge in [0.25, 0.3) is 0 Å². The lowest BCUT2D eigenvalue weighted by Gasteiger charge is -2.37. The lowest BCUT2D eigenvalue weighted by Crippen LogP contribution is -2.56. The molecule has 1 fully saturated rings. The molecule has 1 saturated heterocycles. The highest BCUT2D eigenvalue weighted by molar-refractivity contribution is 5.75. The molecule has 1 unspecified atom stereocenters. The van der Waals surface area contributed by atoms with E-state index < -0.39 is 23.7 Å². The highest BCUT2D eigenvalue weighted by Gasteiger charge is 2.29. The maximum Gasteiger partial charge on any atom is 0.407 e. The summed E-state index contributed by atoms with van der Waals surface area (Å²) in [6.45, 7) is 11.5. The van der Waals surface area contributed by atoms with E-state index in [2.05, 4.69) is 17.1 Å². The summed E-state index contributed by atoms with van der Waals surface area (Å²) in [5.41, 5.74) is -0.588. The zero-order chi connectivity index (χ0) is 16.0. The molecular weight excluding hydrogens is 274 g/mol. The van der Waals surface area contributed by atoms with Gasteiger partial charge in [-0.25, -0.2) is 4.79 Å². The molecule has 1 atom stereocenters. The first-order valence-electron chi connectivity index (χ1n) is 7.39. The van der Waals surface area contributed by atoms with Crippen LogP contribution in [0.3, 0.4) is 0 Å². The minimum atomic E-state index is -0.920. The number of nitrogens with one attached hydrogen (secondary N) is 1. The van der Waals surface area contributed by atoms with Gasteiger partial charge in [-0.15, -0.1) is 0 Å². The maximum atomic E-state index is 11.6. The average molecular weight is 301 g/mol.